The number of nitrogens with zero attached hydrogens (tertiary/aromatic N) is 1. The van der Waals surface area contributed by atoms with Crippen molar-refractivity contribution >= 4 is 11.6 Å². The van der Waals surface area contributed by atoms with Crippen molar-refractivity contribution in [1.29, 1.82) is 0 Å². The molecule has 0 aliphatic carbocycles. The fourth-order valence-electron chi connectivity index (χ4n) is 2.42. The van der Waals surface area contributed by atoms with Gasteiger partial charge in [-0.25, -0.2) is 0 Å². The van der Waals surface area contributed by atoms with Crippen LogP contribution in [0.2, 0.25) is 5.02 Å². The van der Waals surface area contributed by atoms with Crippen LogP contribution in [0.1, 0.15) is 24.9 Å². The van der Waals surface area contributed by atoms with Crippen LogP contribution in [0.4, 0.5) is 0 Å². The van der Waals surface area contributed by atoms with E-state index in [4.69, 9.17) is 17.3 Å². The topological polar surface area (TPSA) is 29.3 Å². The fourth-order valence-corrected chi connectivity index (χ4v) is 2.71. The zero-order valence-corrected chi connectivity index (χ0v) is 10.5. The molecule has 2 nitrogen and oxygen atoms in total. The molecule has 1 aromatic carbocycles. The number of nitrogens with two attached hydrogens (primary N) is 1. The van der Waals surface area contributed by atoms with Gasteiger partial charge in [-0.3, -0.25) is 4.90 Å². The Morgan fingerprint density at radius 1 is 1.50 bits per heavy atom. The van der Waals surface area contributed by atoms with Crippen molar-refractivity contribution in [3.63, 3.8) is 0 Å². The predicted molar refractivity (Wildman–Crippen MR) is 68.6 cm³/mol. The van der Waals surface area contributed by atoms with Gasteiger partial charge in [0, 0.05) is 17.6 Å². The van der Waals surface area contributed by atoms with Gasteiger partial charge in [0.05, 0.1) is 0 Å². The Kier molecular flexibility index (Phi) is 3.85. The van der Waals surface area contributed by atoms with Crippen LogP contribution >= 0.6 is 11.6 Å². The van der Waals surface area contributed by atoms with Crippen LogP contribution in [0.5, 0.6) is 0 Å². The molecule has 88 valence electrons. The Bertz CT molecular complexity index is 354. The highest BCUT2D eigenvalue weighted by Gasteiger charge is 2.26. The lowest BCUT2D eigenvalue weighted by Crippen LogP contribution is -2.26. The second kappa shape index (κ2) is 5.17. The van der Waals surface area contributed by atoms with E-state index >= 15 is 0 Å². The molecule has 1 heterocycles. The van der Waals surface area contributed by atoms with E-state index in [0.717, 1.165) is 24.7 Å². The maximum atomic E-state index is 6.22. The highest BCUT2D eigenvalue weighted by Crippen LogP contribution is 2.30. The Balaban J connectivity index is 2.08. The Labute approximate surface area is 102 Å². The molecule has 0 bridgehead atoms. The first-order valence-corrected chi connectivity index (χ1v) is 6.28. The molecule has 2 rings (SSSR count). The molecule has 1 aromatic rings. The molecule has 0 radical (unpaired) electrons. The summed E-state index contributed by atoms with van der Waals surface area (Å²) >= 11 is 6.22. The Morgan fingerprint density at radius 2 is 2.25 bits per heavy atom. The first-order chi connectivity index (χ1) is 7.72. The normalized spacial score (nSPS) is 23.6. The smallest absolute Gasteiger partial charge is 0.0453 e. The van der Waals surface area contributed by atoms with E-state index in [-0.39, 0.29) is 0 Å². The molecule has 1 aliphatic rings. The summed E-state index contributed by atoms with van der Waals surface area (Å²) in [4.78, 5) is 2.47. The molecule has 0 aromatic heterocycles. The molecule has 3 heteroatoms. The zero-order chi connectivity index (χ0) is 11.5. The molecule has 0 spiro atoms. The van der Waals surface area contributed by atoms with Crippen LogP contribution in [-0.2, 0) is 0 Å². The summed E-state index contributed by atoms with van der Waals surface area (Å²) in [6, 6.07) is 8.50. The first-order valence-electron chi connectivity index (χ1n) is 5.91. The van der Waals surface area contributed by atoms with Crippen LogP contribution < -0.4 is 5.73 Å². The number of hydrogen-bond donors (Lipinski definition) is 1. The third kappa shape index (κ3) is 2.40. The van der Waals surface area contributed by atoms with E-state index in [9.17, 15) is 0 Å². The van der Waals surface area contributed by atoms with Gasteiger partial charge in [-0.1, -0.05) is 29.8 Å². The highest BCUT2D eigenvalue weighted by atomic mass is 35.5. The second-order valence-corrected chi connectivity index (χ2v) is 4.99. The molecule has 0 amide bonds. The number of rotatable bonds is 3. The zero-order valence-electron chi connectivity index (χ0n) is 9.70. The Hall–Kier alpha value is -0.570. The van der Waals surface area contributed by atoms with Crippen LogP contribution in [0.25, 0.3) is 0 Å². The molecule has 1 fully saturated rings. The van der Waals surface area contributed by atoms with Crippen molar-refractivity contribution in [3.05, 3.63) is 34.9 Å². The van der Waals surface area contributed by atoms with E-state index in [2.05, 4.69) is 17.9 Å². The fraction of sp³-hybridized carbons (Fsp3) is 0.538. The predicted octanol–water partition coefficient (Wildman–Crippen LogP) is 2.68. The van der Waals surface area contributed by atoms with E-state index in [0.29, 0.717) is 12.0 Å². The van der Waals surface area contributed by atoms with E-state index in [1.54, 1.807) is 0 Å². The maximum absolute atomic E-state index is 6.22. The monoisotopic (exact) mass is 238 g/mol. The van der Waals surface area contributed by atoms with Gasteiger partial charge in [-0.2, -0.15) is 0 Å². The molecule has 1 aliphatic heterocycles. The quantitative estimate of drug-likeness (QED) is 0.878. The molecule has 2 atom stereocenters. The van der Waals surface area contributed by atoms with Gasteiger partial charge in [-0.05, 0) is 44.0 Å². The third-order valence-electron chi connectivity index (χ3n) is 3.55. The molecule has 2 unspecified atom stereocenters. The molecule has 2 N–H and O–H groups in total. The van der Waals surface area contributed by atoms with Gasteiger partial charge in [0.2, 0.25) is 0 Å². The number of halogens is 1. The summed E-state index contributed by atoms with van der Waals surface area (Å²) in [5.41, 5.74) is 6.94. The minimum Gasteiger partial charge on any atom is -0.330 e. The summed E-state index contributed by atoms with van der Waals surface area (Å²) in [5, 5.41) is 0.867. The molecule has 16 heavy (non-hydrogen) atoms. The number of hydrogen-bond acceptors (Lipinski definition) is 2. The van der Waals surface area contributed by atoms with Gasteiger partial charge in [0.1, 0.15) is 0 Å². The lowest BCUT2D eigenvalue weighted by atomic mass is 10.1. The van der Waals surface area contributed by atoms with Gasteiger partial charge < -0.3 is 5.73 Å². The molecular formula is C13H19ClN2. The lowest BCUT2D eigenvalue weighted by molar-refractivity contribution is 0.253. The number of likely N-dealkylation sites (tertiary alicyclic amines) is 1. The maximum Gasteiger partial charge on any atom is 0.0453 e. The lowest BCUT2D eigenvalue weighted by Gasteiger charge is -2.25. The average Bonchev–Trinajstić information content (AvgIpc) is 2.77. The molecule has 0 saturated carbocycles. The minimum atomic E-state index is 0.394. The number of benzene rings is 1. The van der Waals surface area contributed by atoms with Crippen molar-refractivity contribution in [2.75, 3.05) is 19.6 Å². The van der Waals surface area contributed by atoms with Crippen molar-refractivity contribution in [2.45, 2.75) is 19.4 Å². The third-order valence-corrected chi connectivity index (χ3v) is 3.90. The van der Waals surface area contributed by atoms with Crippen molar-refractivity contribution in [1.82, 2.24) is 4.90 Å². The van der Waals surface area contributed by atoms with Gasteiger partial charge in [0.25, 0.3) is 0 Å². The van der Waals surface area contributed by atoms with E-state index in [1.165, 1.54) is 12.0 Å². The van der Waals surface area contributed by atoms with Crippen LogP contribution in [0, 0.1) is 5.92 Å². The summed E-state index contributed by atoms with van der Waals surface area (Å²) in [6.45, 7) is 5.25. The van der Waals surface area contributed by atoms with Crippen molar-refractivity contribution in [3.8, 4) is 0 Å². The standard InChI is InChI=1S/C13H19ClN2/c1-10(12-4-2-3-5-13(12)14)16-7-6-11(8-15)9-16/h2-5,10-11H,6-9,15H2,1H3. The summed E-state index contributed by atoms with van der Waals surface area (Å²) in [5.74, 6) is 0.657. The van der Waals surface area contributed by atoms with Crippen LogP contribution in [0.3, 0.4) is 0 Å². The van der Waals surface area contributed by atoms with E-state index in [1.807, 2.05) is 18.2 Å². The highest BCUT2D eigenvalue weighted by molar-refractivity contribution is 6.31. The van der Waals surface area contributed by atoms with Crippen molar-refractivity contribution in [2.24, 2.45) is 11.7 Å². The minimum absolute atomic E-state index is 0.394. The summed E-state index contributed by atoms with van der Waals surface area (Å²) in [7, 11) is 0. The van der Waals surface area contributed by atoms with Gasteiger partial charge in [-0.15, -0.1) is 0 Å². The SMILES string of the molecule is CC(c1ccccc1Cl)N1CCC(CN)C1. The van der Waals surface area contributed by atoms with Gasteiger partial charge in [0.15, 0.2) is 0 Å². The molecular weight excluding hydrogens is 220 g/mol. The second-order valence-electron chi connectivity index (χ2n) is 4.58. The van der Waals surface area contributed by atoms with Crippen LogP contribution in [0.15, 0.2) is 24.3 Å². The van der Waals surface area contributed by atoms with Crippen molar-refractivity contribution < 1.29 is 0 Å². The first kappa shape index (κ1) is 11.9. The van der Waals surface area contributed by atoms with E-state index < -0.39 is 0 Å². The Morgan fingerprint density at radius 3 is 2.88 bits per heavy atom. The average molecular weight is 239 g/mol. The largest absolute Gasteiger partial charge is 0.330 e. The van der Waals surface area contributed by atoms with Gasteiger partial charge >= 0.3 is 0 Å². The summed E-state index contributed by atoms with van der Waals surface area (Å²) < 4.78 is 0. The summed E-state index contributed by atoms with van der Waals surface area (Å²) in [6.07, 6.45) is 1.21. The van der Waals surface area contributed by atoms with Crippen LogP contribution in [-0.4, -0.2) is 24.5 Å². The molecule has 1 saturated heterocycles.